The molecule has 3 nitrogen and oxygen atoms in total. The lowest BCUT2D eigenvalue weighted by Gasteiger charge is -2.34. The van der Waals surface area contributed by atoms with Crippen LogP contribution in [0.15, 0.2) is 0 Å². The largest absolute Gasteiger partial charge is 0.460 e. The number of carbonyl (C=O) groups is 1. The maximum Gasteiger partial charge on any atom is 0.312 e. The molecule has 0 unspecified atom stereocenters. The van der Waals surface area contributed by atoms with Gasteiger partial charge in [-0.3, -0.25) is 4.79 Å². The normalized spacial score (nSPS) is 21.7. The van der Waals surface area contributed by atoms with Crippen molar-refractivity contribution < 1.29 is 9.53 Å². The van der Waals surface area contributed by atoms with E-state index >= 15 is 0 Å². The van der Waals surface area contributed by atoms with Crippen molar-refractivity contribution in [1.29, 1.82) is 0 Å². The second-order valence-corrected chi connectivity index (χ2v) is 5.31. The molecule has 1 heterocycles. The summed E-state index contributed by atoms with van der Waals surface area (Å²) in [5, 5.41) is 3.25. The Morgan fingerprint density at radius 2 is 1.79 bits per heavy atom. The Hall–Kier alpha value is -0.570. The molecule has 14 heavy (non-hydrogen) atoms. The molecule has 0 atom stereocenters. The number of ether oxygens (including phenoxy) is 1. The monoisotopic (exact) mass is 199 g/mol. The highest BCUT2D eigenvalue weighted by atomic mass is 16.6. The average molecular weight is 199 g/mol. The van der Waals surface area contributed by atoms with Gasteiger partial charge in [-0.2, -0.15) is 0 Å². The van der Waals surface area contributed by atoms with Gasteiger partial charge < -0.3 is 10.1 Å². The number of carbonyl (C=O) groups excluding carboxylic acids is 1. The van der Waals surface area contributed by atoms with E-state index in [1.807, 2.05) is 27.7 Å². The minimum Gasteiger partial charge on any atom is -0.460 e. The van der Waals surface area contributed by atoms with Crippen LogP contribution in [0.2, 0.25) is 0 Å². The van der Waals surface area contributed by atoms with E-state index in [1.54, 1.807) is 0 Å². The molecular formula is C11H21NO2. The van der Waals surface area contributed by atoms with E-state index in [0.29, 0.717) is 0 Å². The van der Waals surface area contributed by atoms with Crippen LogP contribution in [-0.2, 0) is 9.53 Å². The summed E-state index contributed by atoms with van der Waals surface area (Å²) in [5.74, 6) is -0.0495. The molecule has 0 aliphatic carbocycles. The van der Waals surface area contributed by atoms with E-state index in [9.17, 15) is 4.79 Å². The Balaban J connectivity index is 2.58. The molecule has 1 N–H and O–H groups in total. The molecular weight excluding hydrogens is 178 g/mol. The number of esters is 1. The molecule has 0 amide bonds. The SMILES string of the molecule is CC(C)(C)OC(=O)C1(C)CCNCC1. The Labute approximate surface area is 86.2 Å². The molecule has 0 aromatic carbocycles. The van der Waals surface area contributed by atoms with Crippen LogP contribution < -0.4 is 5.32 Å². The molecule has 1 aliphatic rings. The van der Waals surface area contributed by atoms with E-state index in [0.717, 1.165) is 25.9 Å². The maximum atomic E-state index is 11.9. The predicted molar refractivity (Wildman–Crippen MR) is 56.1 cm³/mol. The third-order valence-corrected chi connectivity index (χ3v) is 2.60. The second-order valence-electron chi connectivity index (χ2n) is 5.31. The molecule has 82 valence electrons. The molecule has 3 heteroatoms. The number of nitrogens with one attached hydrogen (secondary N) is 1. The molecule has 1 rings (SSSR count). The first-order chi connectivity index (χ1) is 6.33. The van der Waals surface area contributed by atoms with Crippen molar-refractivity contribution in [2.45, 2.75) is 46.1 Å². The highest BCUT2D eigenvalue weighted by molar-refractivity contribution is 5.76. The fraction of sp³-hybridized carbons (Fsp3) is 0.909. The predicted octanol–water partition coefficient (Wildman–Crippen LogP) is 1.72. The first-order valence-electron chi connectivity index (χ1n) is 5.28. The van der Waals surface area contributed by atoms with Gasteiger partial charge in [0.15, 0.2) is 0 Å². The molecule has 0 radical (unpaired) electrons. The van der Waals surface area contributed by atoms with Crippen molar-refractivity contribution in [3.05, 3.63) is 0 Å². The third-order valence-electron chi connectivity index (χ3n) is 2.60. The summed E-state index contributed by atoms with van der Waals surface area (Å²) in [6.45, 7) is 9.56. The maximum absolute atomic E-state index is 11.9. The van der Waals surface area contributed by atoms with Crippen LogP contribution in [0.3, 0.4) is 0 Å². The van der Waals surface area contributed by atoms with Crippen LogP contribution in [0.25, 0.3) is 0 Å². The van der Waals surface area contributed by atoms with Gasteiger partial charge in [0.05, 0.1) is 5.41 Å². The van der Waals surface area contributed by atoms with Crippen LogP contribution in [-0.4, -0.2) is 24.7 Å². The van der Waals surface area contributed by atoms with Crippen LogP contribution in [0.1, 0.15) is 40.5 Å². The van der Waals surface area contributed by atoms with Crippen molar-refractivity contribution in [3.8, 4) is 0 Å². The van der Waals surface area contributed by atoms with Gasteiger partial charge in [-0.1, -0.05) is 0 Å². The molecule has 0 saturated carbocycles. The Kier molecular flexibility index (Phi) is 3.20. The van der Waals surface area contributed by atoms with E-state index in [4.69, 9.17) is 4.74 Å². The first kappa shape index (κ1) is 11.5. The van der Waals surface area contributed by atoms with Crippen molar-refractivity contribution >= 4 is 5.97 Å². The topological polar surface area (TPSA) is 38.3 Å². The Morgan fingerprint density at radius 1 is 1.29 bits per heavy atom. The fourth-order valence-corrected chi connectivity index (χ4v) is 1.58. The molecule has 1 saturated heterocycles. The average Bonchev–Trinajstić information content (AvgIpc) is 2.02. The van der Waals surface area contributed by atoms with Crippen LogP contribution >= 0.6 is 0 Å². The summed E-state index contributed by atoms with van der Waals surface area (Å²) in [6, 6.07) is 0. The van der Waals surface area contributed by atoms with Gasteiger partial charge in [0.2, 0.25) is 0 Å². The lowest BCUT2D eigenvalue weighted by molar-refractivity contribution is -0.168. The summed E-state index contributed by atoms with van der Waals surface area (Å²) in [4.78, 5) is 11.9. The van der Waals surface area contributed by atoms with Crippen LogP contribution in [0, 0.1) is 5.41 Å². The Morgan fingerprint density at radius 3 is 2.21 bits per heavy atom. The van der Waals surface area contributed by atoms with Crippen molar-refractivity contribution in [2.24, 2.45) is 5.41 Å². The minimum atomic E-state index is -0.370. The van der Waals surface area contributed by atoms with E-state index < -0.39 is 0 Å². The summed E-state index contributed by atoms with van der Waals surface area (Å²) in [6.07, 6.45) is 1.75. The molecule has 0 spiro atoms. The zero-order valence-corrected chi connectivity index (χ0v) is 9.64. The van der Waals surface area contributed by atoms with Crippen LogP contribution in [0.4, 0.5) is 0 Å². The lowest BCUT2D eigenvalue weighted by atomic mass is 9.81. The molecule has 0 aromatic rings. The highest BCUT2D eigenvalue weighted by Crippen LogP contribution is 2.31. The number of hydrogen-bond acceptors (Lipinski definition) is 3. The van der Waals surface area contributed by atoms with Gasteiger partial charge in [-0.05, 0) is 53.6 Å². The van der Waals surface area contributed by atoms with Gasteiger partial charge in [0, 0.05) is 0 Å². The highest BCUT2D eigenvalue weighted by Gasteiger charge is 2.37. The fourth-order valence-electron chi connectivity index (χ4n) is 1.58. The summed E-state index contributed by atoms with van der Waals surface area (Å²) in [5.41, 5.74) is -0.649. The van der Waals surface area contributed by atoms with E-state index in [1.165, 1.54) is 0 Å². The molecule has 0 bridgehead atoms. The van der Waals surface area contributed by atoms with Gasteiger partial charge >= 0.3 is 5.97 Å². The summed E-state index contributed by atoms with van der Waals surface area (Å²) >= 11 is 0. The number of rotatable bonds is 1. The van der Waals surface area contributed by atoms with Crippen molar-refractivity contribution in [3.63, 3.8) is 0 Å². The number of piperidine rings is 1. The second kappa shape index (κ2) is 3.89. The first-order valence-corrected chi connectivity index (χ1v) is 5.28. The quantitative estimate of drug-likeness (QED) is 0.653. The smallest absolute Gasteiger partial charge is 0.312 e. The van der Waals surface area contributed by atoms with Crippen molar-refractivity contribution in [1.82, 2.24) is 5.32 Å². The lowest BCUT2D eigenvalue weighted by Crippen LogP contribution is -2.43. The number of hydrogen-bond donors (Lipinski definition) is 1. The summed E-state index contributed by atoms with van der Waals surface area (Å²) in [7, 11) is 0. The zero-order chi connectivity index (χ0) is 10.8. The van der Waals surface area contributed by atoms with Crippen LogP contribution in [0.5, 0.6) is 0 Å². The molecule has 1 fully saturated rings. The summed E-state index contributed by atoms with van der Waals surface area (Å²) < 4.78 is 5.41. The Bertz CT molecular complexity index is 212. The van der Waals surface area contributed by atoms with Gasteiger partial charge in [0.25, 0.3) is 0 Å². The van der Waals surface area contributed by atoms with Crippen molar-refractivity contribution in [2.75, 3.05) is 13.1 Å². The van der Waals surface area contributed by atoms with Gasteiger partial charge in [-0.25, -0.2) is 0 Å². The molecule has 1 aliphatic heterocycles. The van der Waals surface area contributed by atoms with E-state index in [-0.39, 0.29) is 17.0 Å². The minimum absolute atomic E-state index is 0.0495. The third kappa shape index (κ3) is 2.98. The van der Waals surface area contributed by atoms with E-state index in [2.05, 4.69) is 5.32 Å². The van der Waals surface area contributed by atoms with Gasteiger partial charge in [0.1, 0.15) is 5.60 Å². The zero-order valence-electron chi connectivity index (χ0n) is 9.64. The standard InChI is InChI=1S/C11H21NO2/c1-10(2,3)14-9(13)11(4)5-7-12-8-6-11/h12H,5-8H2,1-4H3. The van der Waals surface area contributed by atoms with Gasteiger partial charge in [-0.15, -0.1) is 0 Å². The molecule has 0 aromatic heterocycles.